The molecule has 5 nitrogen and oxygen atoms in total. The molecule has 0 spiro atoms. The van der Waals surface area contributed by atoms with Gasteiger partial charge in [-0.2, -0.15) is 5.10 Å². The third kappa shape index (κ3) is 5.22. The van der Waals surface area contributed by atoms with Crippen LogP contribution in [0.2, 0.25) is 0 Å². The third-order valence-electron chi connectivity index (χ3n) is 4.98. The van der Waals surface area contributed by atoms with Crippen molar-refractivity contribution in [2.45, 2.75) is 25.3 Å². The van der Waals surface area contributed by atoms with Gasteiger partial charge in [-0.15, -0.1) is 12.4 Å². The first-order chi connectivity index (χ1) is 13.7. The average molecular weight is 415 g/mol. The fourth-order valence-corrected chi connectivity index (χ4v) is 3.52. The van der Waals surface area contributed by atoms with E-state index in [4.69, 9.17) is 0 Å². The van der Waals surface area contributed by atoms with Crippen LogP contribution in [0, 0.1) is 5.82 Å². The molecule has 0 bridgehead atoms. The molecule has 29 heavy (non-hydrogen) atoms. The molecule has 0 aliphatic carbocycles. The summed E-state index contributed by atoms with van der Waals surface area (Å²) in [6.45, 7) is 1.86. The van der Waals surface area contributed by atoms with Gasteiger partial charge in [0.15, 0.2) is 0 Å². The fourth-order valence-electron chi connectivity index (χ4n) is 3.52. The Balaban J connectivity index is 0.00000240. The van der Waals surface area contributed by atoms with E-state index in [1.54, 1.807) is 16.8 Å². The van der Waals surface area contributed by atoms with Crippen molar-refractivity contribution in [2.75, 3.05) is 13.1 Å². The molecule has 1 fully saturated rings. The zero-order valence-electron chi connectivity index (χ0n) is 16.0. The van der Waals surface area contributed by atoms with E-state index >= 15 is 0 Å². The highest BCUT2D eigenvalue weighted by atomic mass is 35.5. The maximum Gasteiger partial charge on any atom is 0.224 e. The van der Waals surface area contributed by atoms with Gasteiger partial charge in [-0.1, -0.05) is 18.2 Å². The minimum Gasteiger partial charge on any atom is -0.353 e. The van der Waals surface area contributed by atoms with E-state index in [2.05, 4.69) is 15.7 Å². The summed E-state index contributed by atoms with van der Waals surface area (Å²) in [6, 6.07) is 16.2. The summed E-state index contributed by atoms with van der Waals surface area (Å²) in [5, 5.41) is 11.1. The molecule has 1 amide bonds. The Bertz CT molecular complexity index is 937. The van der Waals surface area contributed by atoms with Crippen molar-refractivity contribution < 1.29 is 9.18 Å². The fraction of sp³-hybridized carbons (Fsp3) is 0.273. The van der Waals surface area contributed by atoms with Gasteiger partial charge in [0.1, 0.15) is 5.82 Å². The minimum atomic E-state index is -0.295. The van der Waals surface area contributed by atoms with Gasteiger partial charge in [-0.25, -0.2) is 9.07 Å². The van der Waals surface area contributed by atoms with E-state index in [0.29, 0.717) is 5.69 Å². The molecule has 1 aromatic heterocycles. The van der Waals surface area contributed by atoms with Crippen molar-refractivity contribution in [2.24, 2.45) is 0 Å². The zero-order chi connectivity index (χ0) is 19.3. The molecule has 7 heteroatoms. The van der Waals surface area contributed by atoms with E-state index in [9.17, 15) is 9.18 Å². The Hall–Kier alpha value is -2.70. The number of hydrogen-bond donors (Lipinski definition) is 2. The normalized spacial score (nSPS) is 14.2. The molecule has 1 saturated heterocycles. The van der Waals surface area contributed by atoms with Crippen LogP contribution in [0.25, 0.3) is 16.9 Å². The predicted molar refractivity (Wildman–Crippen MR) is 114 cm³/mol. The summed E-state index contributed by atoms with van der Waals surface area (Å²) < 4.78 is 15.1. The van der Waals surface area contributed by atoms with Crippen LogP contribution in [0.1, 0.15) is 18.4 Å². The largest absolute Gasteiger partial charge is 0.353 e. The Morgan fingerprint density at radius 2 is 1.79 bits per heavy atom. The van der Waals surface area contributed by atoms with E-state index in [1.165, 1.54) is 12.1 Å². The molecule has 152 valence electrons. The smallest absolute Gasteiger partial charge is 0.224 e. The Labute approximate surface area is 175 Å². The first-order valence-corrected chi connectivity index (χ1v) is 9.59. The maximum absolute atomic E-state index is 13.3. The standard InChI is InChI=1S/C22H23FN4O.ClH/c23-18-8-6-16(7-9-18)22-17(14-21(28)25-19-10-12-24-13-11-19)15-27(26-22)20-4-2-1-3-5-20;/h1-9,15,19,24H,10-14H2,(H,25,28);1H. The number of nitrogens with one attached hydrogen (secondary N) is 2. The molecular formula is C22H24ClFN4O. The van der Waals surface area contributed by atoms with E-state index in [0.717, 1.165) is 42.7 Å². The second-order valence-corrected chi connectivity index (χ2v) is 7.06. The Kier molecular flexibility index (Phi) is 7.01. The van der Waals surface area contributed by atoms with Crippen LogP contribution in [0.5, 0.6) is 0 Å². The Morgan fingerprint density at radius 1 is 1.10 bits per heavy atom. The SMILES string of the molecule is Cl.O=C(Cc1cn(-c2ccccc2)nc1-c1ccc(F)cc1)NC1CCNCC1. The summed E-state index contributed by atoms with van der Waals surface area (Å²) in [4.78, 5) is 12.6. The number of halogens is 2. The summed E-state index contributed by atoms with van der Waals surface area (Å²) in [5.41, 5.74) is 3.22. The quantitative estimate of drug-likeness (QED) is 0.671. The van der Waals surface area contributed by atoms with Crippen molar-refractivity contribution in [1.82, 2.24) is 20.4 Å². The maximum atomic E-state index is 13.3. The molecule has 0 saturated carbocycles. The van der Waals surface area contributed by atoms with Gasteiger partial charge in [0, 0.05) is 23.4 Å². The van der Waals surface area contributed by atoms with Crippen LogP contribution >= 0.6 is 12.4 Å². The van der Waals surface area contributed by atoms with E-state index in [1.807, 2.05) is 36.5 Å². The lowest BCUT2D eigenvalue weighted by molar-refractivity contribution is -0.121. The number of benzene rings is 2. The topological polar surface area (TPSA) is 59.0 Å². The number of carbonyl (C=O) groups is 1. The highest BCUT2D eigenvalue weighted by molar-refractivity contribution is 5.85. The summed E-state index contributed by atoms with van der Waals surface area (Å²) in [5.74, 6) is -0.306. The Morgan fingerprint density at radius 3 is 2.48 bits per heavy atom. The number of aromatic nitrogens is 2. The second kappa shape index (κ2) is 9.67. The molecule has 0 atom stereocenters. The molecule has 2 heterocycles. The molecule has 0 unspecified atom stereocenters. The van der Waals surface area contributed by atoms with Gasteiger partial charge in [0.2, 0.25) is 5.91 Å². The molecular weight excluding hydrogens is 391 g/mol. The lowest BCUT2D eigenvalue weighted by Gasteiger charge is -2.23. The monoisotopic (exact) mass is 414 g/mol. The first-order valence-electron chi connectivity index (χ1n) is 9.59. The second-order valence-electron chi connectivity index (χ2n) is 7.06. The lowest BCUT2D eigenvalue weighted by Crippen LogP contribution is -2.43. The number of piperidine rings is 1. The predicted octanol–water partition coefficient (Wildman–Crippen LogP) is 3.51. The summed E-state index contributed by atoms with van der Waals surface area (Å²) >= 11 is 0. The van der Waals surface area contributed by atoms with Crippen molar-refractivity contribution in [3.05, 3.63) is 72.2 Å². The van der Waals surface area contributed by atoms with Crippen LogP contribution in [0.15, 0.2) is 60.8 Å². The summed E-state index contributed by atoms with van der Waals surface area (Å²) in [6.07, 6.45) is 4.01. The van der Waals surface area contributed by atoms with Gasteiger partial charge in [-0.3, -0.25) is 4.79 Å². The molecule has 1 aliphatic rings. The van der Waals surface area contributed by atoms with E-state index in [-0.39, 0.29) is 36.6 Å². The average Bonchev–Trinajstić information content (AvgIpc) is 3.13. The van der Waals surface area contributed by atoms with Crippen LogP contribution in [-0.2, 0) is 11.2 Å². The third-order valence-corrected chi connectivity index (χ3v) is 4.98. The van der Waals surface area contributed by atoms with Crippen LogP contribution < -0.4 is 10.6 Å². The molecule has 2 aromatic carbocycles. The molecule has 0 radical (unpaired) electrons. The summed E-state index contributed by atoms with van der Waals surface area (Å²) in [7, 11) is 0. The van der Waals surface area contributed by atoms with E-state index < -0.39 is 0 Å². The van der Waals surface area contributed by atoms with Gasteiger partial charge < -0.3 is 10.6 Å². The highest BCUT2D eigenvalue weighted by Gasteiger charge is 2.19. The van der Waals surface area contributed by atoms with Gasteiger partial charge in [0.25, 0.3) is 0 Å². The van der Waals surface area contributed by atoms with Crippen LogP contribution in [0.4, 0.5) is 4.39 Å². The number of rotatable bonds is 5. The van der Waals surface area contributed by atoms with Gasteiger partial charge >= 0.3 is 0 Å². The molecule has 2 N–H and O–H groups in total. The van der Waals surface area contributed by atoms with Crippen molar-refractivity contribution in [1.29, 1.82) is 0 Å². The number of amides is 1. The molecule has 3 aromatic rings. The number of para-hydroxylation sites is 1. The minimum absolute atomic E-state index is 0. The van der Waals surface area contributed by atoms with Crippen molar-refractivity contribution >= 4 is 18.3 Å². The number of nitrogens with zero attached hydrogens (tertiary/aromatic N) is 2. The lowest BCUT2D eigenvalue weighted by atomic mass is 10.0. The number of hydrogen-bond acceptors (Lipinski definition) is 3. The molecule has 1 aliphatic heterocycles. The van der Waals surface area contributed by atoms with Gasteiger partial charge in [-0.05, 0) is 62.3 Å². The zero-order valence-corrected chi connectivity index (χ0v) is 16.8. The van der Waals surface area contributed by atoms with Crippen LogP contribution in [-0.4, -0.2) is 34.8 Å². The first kappa shape index (κ1) is 21.0. The van der Waals surface area contributed by atoms with Gasteiger partial charge in [0.05, 0.1) is 17.8 Å². The van der Waals surface area contributed by atoms with Crippen molar-refractivity contribution in [3.8, 4) is 16.9 Å². The van der Waals surface area contributed by atoms with Crippen LogP contribution in [0.3, 0.4) is 0 Å². The highest BCUT2D eigenvalue weighted by Crippen LogP contribution is 2.24. The van der Waals surface area contributed by atoms with Crippen molar-refractivity contribution in [3.63, 3.8) is 0 Å². The number of carbonyl (C=O) groups excluding carboxylic acids is 1. The molecule has 4 rings (SSSR count).